The van der Waals surface area contributed by atoms with E-state index in [4.69, 9.17) is 4.52 Å². The van der Waals surface area contributed by atoms with E-state index in [0.717, 1.165) is 42.6 Å². The predicted octanol–water partition coefficient (Wildman–Crippen LogP) is 6.77. The molecule has 0 spiro atoms. The highest BCUT2D eigenvalue weighted by molar-refractivity contribution is 5.79. The fourth-order valence-corrected chi connectivity index (χ4v) is 5.50. The summed E-state index contributed by atoms with van der Waals surface area (Å²) >= 11 is 0. The zero-order valence-corrected chi connectivity index (χ0v) is 24.3. The number of amides is 1. The van der Waals surface area contributed by atoms with Gasteiger partial charge in [0.1, 0.15) is 0 Å². The highest BCUT2D eigenvalue weighted by atomic mass is 16.5. The summed E-state index contributed by atoms with van der Waals surface area (Å²) in [5.41, 5.74) is 6.98. The number of benzene rings is 3. The molecule has 1 atom stereocenters. The Morgan fingerprint density at radius 3 is 2.35 bits per heavy atom. The molecule has 1 aliphatic rings. The van der Waals surface area contributed by atoms with Gasteiger partial charge in [-0.05, 0) is 67.4 Å². The lowest BCUT2D eigenvalue weighted by Crippen LogP contribution is -2.41. The van der Waals surface area contributed by atoms with Gasteiger partial charge in [0, 0.05) is 11.5 Å². The average molecular weight is 537 g/mol. The number of likely N-dealkylation sites (tertiary alicyclic amines) is 1. The monoisotopic (exact) mass is 536 g/mol. The van der Waals surface area contributed by atoms with Gasteiger partial charge in [-0.1, -0.05) is 104 Å². The second kappa shape index (κ2) is 11.8. The number of hydrogen-bond donors (Lipinski definition) is 1. The number of carbonyl (C=O) groups is 1. The van der Waals surface area contributed by atoms with Crippen molar-refractivity contribution in [3.63, 3.8) is 0 Å². The third-order valence-corrected chi connectivity index (χ3v) is 7.95. The van der Waals surface area contributed by atoms with Crippen LogP contribution in [0.5, 0.6) is 0 Å². The Labute approximate surface area is 237 Å². The molecule has 2 heterocycles. The topological polar surface area (TPSA) is 71.3 Å². The third kappa shape index (κ3) is 6.50. The summed E-state index contributed by atoms with van der Waals surface area (Å²) in [6.45, 7) is 13.0. The number of nitrogens with one attached hydrogen (secondary N) is 1. The molecular formula is C34H40N4O2. The lowest BCUT2D eigenvalue weighted by Gasteiger charge is -2.31. The van der Waals surface area contributed by atoms with E-state index >= 15 is 0 Å². The van der Waals surface area contributed by atoms with Crippen LogP contribution in [-0.4, -0.2) is 34.0 Å². The van der Waals surface area contributed by atoms with Crippen molar-refractivity contribution in [3.05, 3.63) is 107 Å². The molecule has 40 heavy (non-hydrogen) atoms. The molecule has 1 fully saturated rings. The quantitative estimate of drug-likeness (QED) is 0.282. The molecule has 0 bridgehead atoms. The first kappa shape index (κ1) is 27.8. The third-order valence-electron chi connectivity index (χ3n) is 7.95. The maximum atomic E-state index is 13.5. The standard InChI is InChI=1S/C34H40N4O2/c1-23-11-16-29(24(2)21-23)31(25-9-7-6-8-10-25)36-33(39)27-17-19-38(20-18-27)22-30-35-32(37-40-30)26-12-14-28(15-13-26)34(3,4)5/h6-16,21,27,31H,17-20,22H2,1-5H3,(H,36,39). The van der Waals surface area contributed by atoms with Crippen molar-refractivity contribution in [1.29, 1.82) is 0 Å². The summed E-state index contributed by atoms with van der Waals surface area (Å²) < 4.78 is 5.58. The Balaban J connectivity index is 1.19. The van der Waals surface area contributed by atoms with E-state index in [1.54, 1.807) is 0 Å². The van der Waals surface area contributed by atoms with E-state index in [2.05, 4.69) is 110 Å². The van der Waals surface area contributed by atoms with Crippen molar-refractivity contribution >= 4 is 5.91 Å². The van der Waals surface area contributed by atoms with Gasteiger partial charge < -0.3 is 9.84 Å². The Hall–Kier alpha value is -3.77. The van der Waals surface area contributed by atoms with Crippen molar-refractivity contribution in [2.75, 3.05) is 13.1 Å². The largest absolute Gasteiger partial charge is 0.345 e. The fraction of sp³-hybridized carbons (Fsp3) is 0.382. The number of aromatic nitrogens is 2. The van der Waals surface area contributed by atoms with Crippen LogP contribution in [0, 0.1) is 19.8 Å². The number of carbonyl (C=O) groups excluding carboxylic acids is 1. The average Bonchev–Trinajstić information content (AvgIpc) is 3.41. The zero-order valence-electron chi connectivity index (χ0n) is 24.3. The second-order valence-electron chi connectivity index (χ2n) is 12.1. The summed E-state index contributed by atoms with van der Waals surface area (Å²) in [5, 5.41) is 7.59. The number of hydrogen-bond acceptors (Lipinski definition) is 5. The number of aryl methyl sites for hydroxylation is 2. The molecule has 3 aromatic carbocycles. The molecule has 0 saturated carbocycles. The number of rotatable bonds is 7. The highest BCUT2D eigenvalue weighted by Crippen LogP contribution is 2.28. The maximum absolute atomic E-state index is 13.5. The minimum Gasteiger partial charge on any atom is -0.345 e. The molecule has 1 aliphatic heterocycles. The van der Waals surface area contributed by atoms with Gasteiger partial charge in [-0.25, -0.2) is 0 Å². The van der Waals surface area contributed by atoms with Gasteiger partial charge in [0.05, 0.1) is 12.6 Å². The number of nitrogens with zero attached hydrogens (tertiary/aromatic N) is 3. The van der Waals surface area contributed by atoms with Crippen LogP contribution >= 0.6 is 0 Å². The Bertz CT molecular complexity index is 1430. The van der Waals surface area contributed by atoms with E-state index in [1.807, 2.05) is 18.2 Å². The molecule has 5 rings (SSSR count). The van der Waals surface area contributed by atoms with Crippen molar-refractivity contribution in [2.45, 2.75) is 65.5 Å². The molecule has 4 aromatic rings. The Morgan fingerprint density at radius 1 is 1.00 bits per heavy atom. The summed E-state index contributed by atoms with van der Waals surface area (Å²) in [4.78, 5) is 20.4. The normalized spacial score (nSPS) is 15.6. The van der Waals surface area contributed by atoms with E-state index in [1.165, 1.54) is 16.7 Å². The SMILES string of the molecule is Cc1ccc(C(NC(=O)C2CCN(Cc3nc(-c4ccc(C(C)(C)C)cc4)no3)CC2)c2ccccc2)c(C)c1. The Kier molecular flexibility index (Phi) is 8.17. The maximum Gasteiger partial charge on any atom is 0.241 e. The van der Waals surface area contributed by atoms with Crippen molar-refractivity contribution in [2.24, 2.45) is 5.92 Å². The zero-order chi connectivity index (χ0) is 28.3. The molecule has 1 amide bonds. The van der Waals surface area contributed by atoms with Gasteiger partial charge in [0.15, 0.2) is 0 Å². The van der Waals surface area contributed by atoms with Gasteiger partial charge in [-0.15, -0.1) is 0 Å². The van der Waals surface area contributed by atoms with Crippen LogP contribution in [0.15, 0.2) is 77.3 Å². The van der Waals surface area contributed by atoms with Gasteiger partial charge >= 0.3 is 0 Å². The molecule has 1 saturated heterocycles. The van der Waals surface area contributed by atoms with E-state index in [-0.39, 0.29) is 23.3 Å². The number of piperidine rings is 1. The summed E-state index contributed by atoms with van der Waals surface area (Å²) in [7, 11) is 0. The molecule has 1 unspecified atom stereocenters. The predicted molar refractivity (Wildman–Crippen MR) is 159 cm³/mol. The van der Waals surface area contributed by atoms with Gasteiger partial charge in [-0.3, -0.25) is 9.69 Å². The van der Waals surface area contributed by atoms with Crippen LogP contribution in [0.25, 0.3) is 11.4 Å². The van der Waals surface area contributed by atoms with E-state index in [9.17, 15) is 4.79 Å². The van der Waals surface area contributed by atoms with Crippen LogP contribution in [0.3, 0.4) is 0 Å². The van der Waals surface area contributed by atoms with Crippen molar-refractivity contribution in [1.82, 2.24) is 20.4 Å². The Morgan fingerprint density at radius 2 is 1.70 bits per heavy atom. The van der Waals surface area contributed by atoms with Gasteiger partial charge in [-0.2, -0.15) is 4.98 Å². The second-order valence-corrected chi connectivity index (χ2v) is 12.1. The van der Waals surface area contributed by atoms with E-state index in [0.29, 0.717) is 18.3 Å². The van der Waals surface area contributed by atoms with Crippen LogP contribution in [0.1, 0.15) is 73.4 Å². The van der Waals surface area contributed by atoms with Crippen LogP contribution in [-0.2, 0) is 16.8 Å². The molecule has 0 radical (unpaired) electrons. The van der Waals surface area contributed by atoms with Crippen molar-refractivity contribution in [3.8, 4) is 11.4 Å². The molecule has 1 aromatic heterocycles. The summed E-state index contributed by atoms with van der Waals surface area (Å²) in [6.07, 6.45) is 1.60. The van der Waals surface area contributed by atoms with Crippen LogP contribution in [0.4, 0.5) is 0 Å². The molecule has 6 nitrogen and oxygen atoms in total. The molecule has 208 valence electrons. The minimum absolute atomic E-state index is 0.0206. The smallest absolute Gasteiger partial charge is 0.241 e. The highest BCUT2D eigenvalue weighted by Gasteiger charge is 2.29. The summed E-state index contributed by atoms with van der Waals surface area (Å²) in [6, 6.07) is 24.9. The lowest BCUT2D eigenvalue weighted by atomic mass is 9.87. The molecule has 6 heteroatoms. The van der Waals surface area contributed by atoms with Crippen LogP contribution in [0.2, 0.25) is 0 Å². The first-order valence-corrected chi connectivity index (χ1v) is 14.3. The lowest BCUT2D eigenvalue weighted by molar-refractivity contribution is -0.127. The molecular weight excluding hydrogens is 496 g/mol. The molecule has 0 aliphatic carbocycles. The first-order chi connectivity index (χ1) is 19.2. The minimum atomic E-state index is -0.165. The van der Waals surface area contributed by atoms with E-state index < -0.39 is 0 Å². The fourth-order valence-electron chi connectivity index (χ4n) is 5.50. The van der Waals surface area contributed by atoms with Gasteiger partial charge in [0.2, 0.25) is 17.6 Å². The summed E-state index contributed by atoms with van der Waals surface area (Å²) in [5.74, 6) is 1.32. The van der Waals surface area contributed by atoms with Crippen molar-refractivity contribution < 1.29 is 9.32 Å². The first-order valence-electron chi connectivity index (χ1n) is 14.3. The van der Waals surface area contributed by atoms with Crippen LogP contribution < -0.4 is 5.32 Å². The molecule has 1 N–H and O–H groups in total. The van der Waals surface area contributed by atoms with Gasteiger partial charge in [0.25, 0.3) is 0 Å².